The van der Waals surface area contributed by atoms with Gasteiger partial charge in [-0.15, -0.1) is 0 Å². The summed E-state index contributed by atoms with van der Waals surface area (Å²) in [6, 6.07) is 15.4. The number of nitrogens with one attached hydrogen (secondary N) is 1. The molecule has 0 spiro atoms. The van der Waals surface area contributed by atoms with Gasteiger partial charge < -0.3 is 15.5 Å². The fraction of sp³-hybridized carbons (Fsp3) is 0.250. The number of rotatable bonds is 6. The number of aliphatic hydroxyl groups excluding tert-OH is 1. The van der Waals surface area contributed by atoms with Gasteiger partial charge in [0.1, 0.15) is 5.75 Å². The summed E-state index contributed by atoms with van der Waals surface area (Å²) in [5, 5.41) is 22.2. The fourth-order valence-corrected chi connectivity index (χ4v) is 2.52. The lowest BCUT2D eigenvalue weighted by molar-refractivity contribution is 0.265. The molecule has 0 heterocycles. The van der Waals surface area contributed by atoms with Crippen molar-refractivity contribution in [3.8, 4) is 5.75 Å². The fourth-order valence-electron chi connectivity index (χ4n) is 2.13. The molecular formula is C16H18BrNO2. The molecule has 0 aliphatic rings. The minimum Gasteiger partial charge on any atom is -0.508 e. The zero-order valence-electron chi connectivity index (χ0n) is 11.1. The van der Waals surface area contributed by atoms with Gasteiger partial charge in [0, 0.05) is 23.7 Å². The Kier molecular flexibility index (Phi) is 5.59. The summed E-state index contributed by atoms with van der Waals surface area (Å²) in [5.74, 6) is 0.253. The Labute approximate surface area is 127 Å². The van der Waals surface area contributed by atoms with E-state index in [1.807, 2.05) is 36.4 Å². The smallest absolute Gasteiger partial charge is 0.115 e. The minimum absolute atomic E-state index is 0.0930. The number of aliphatic hydroxyl groups is 1. The van der Waals surface area contributed by atoms with Crippen molar-refractivity contribution in [1.82, 2.24) is 5.32 Å². The highest BCUT2D eigenvalue weighted by atomic mass is 79.9. The third kappa shape index (κ3) is 4.07. The van der Waals surface area contributed by atoms with Gasteiger partial charge in [-0.25, -0.2) is 0 Å². The molecule has 0 amide bonds. The summed E-state index contributed by atoms with van der Waals surface area (Å²) >= 11 is 3.48. The van der Waals surface area contributed by atoms with Crippen LogP contribution in [0.15, 0.2) is 53.0 Å². The first-order chi connectivity index (χ1) is 9.70. The first-order valence-electron chi connectivity index (χ1n) is 6.57. The summed E-state index contributed by atoms with van der Waals surface area (Å²) < 4.78 is 0.957. The average Bonchev–Trinajstić information content (AvgIpc) is 2.47. The van der Waals surface area contributed by atoms with Gasteiger partial charge >= 0.3 is 0 Å². The normalized spacial score (nSPS) is 12.3. The molecule has 106 valence electrons. The molecule has 20 heavy (non-hydrogen) atoms. The van der Waals surface area contributed by atoms with E-state index in [4.69, 9.17) is 0 Å². The number of phenols is 1. The molecule has 0 radical (unpaired) electrons. The Morgan fingerprint density at radius 1 is 1.10 bits per heavy atom. The van der Waals surface area contributed by atoms with Crippen LogP contribution in [0.1, 0.15) is 23.6 Å². The van der Waals surface area contributed by atoms with Crippen molar-refractivity contribution in [3.63, 3.8) is 0 Å². The van der Waals surface area contributed by atoms with Crippen LogP contribution in [0.2, 0.25) is 0 Å². The summed E-state index contributed by atoms with van der Waals surface area (Å²) in [5.41, 5.74) is 2.14. The molecule has 4 heteroatoms. The van der Waals surface area contributed by atoms with Crippen molar-refractivity contribution in [3.05, 3.63) is 64.1 Å². The largest absolute Gasteiger partial charge is 0.508 e. The van der Waals surface area contributed by atoms with Crippen molar-refractivity contribution in [2.24, 2.45) is 0 Å². The second-order valence-electron chi connectivity index (χ2n) is 4.63. The second kappa shape index (κ2) is 7.43. The molecule has 0 saturated heterocycles. The highest BCUT2D eigenvalue weighted by molar-refractivity contribution is 9.10. The highest BCUT2D eigenvalue weighted by Gasteiger charge is 2.11. The van der Waals surface area contributed by atoms with Crippen LogP contribution in [0, 0.1) is 0 Å². The van der Waals surface area contributed by atoms with E-state index in [-0.39, 0.29) is 18.4 Å². The second-order valence-corrected chi connectivity index (χ2v) is 5.49. The van der Waals surface area contributed by atoms with E-state index in [2.05, 4.69) is 21.2 Å². The lowest BCUT2D eigenvalue weighted by atomic mass is 10.0. The van der Waals surface area contributed by atoms with E-state index >= 15 is 0 Å². The molecule has 3 N–H and O–H groups in total. The van der Waals surface area contributed by atoms with Crippen molar-refractivity contribution in [2.45, 2.75) is 19.0 Å². The molecule has 0 aliphatic heterocycles. The molecular weight excluding hydrogens is 318 g/mol. The minimum atomic E-state index is 0.0930. The Morgan fingerprint density at radius 2 is 1.85 bits per heavy atom. The van der Waals surface area contributed by atoms with Gasteiger partial charge in [0.15, 0.2) is 0 Å². The van der Waals surface area contributed by atoms with E-state index in [9.17, 15) is 10.2 Å². The maximum Gasteiger partial charge on any atom is 0.115 e. The number of aromatic hydroxyl groups is 1. The Morgan fingerprint density at radius 3 is 2.55 bits per heavy atom. The third-order valence-corrected chi connectivity index (χ3v) is 3.96. The summed E-state index contributed by atoms with van der Waals surface area (Å²) in [7, 11) is 0. The van der Waals surface area contributed by atoms with Gasteiger partial charge in [-0.2, -0.15) is 0 Å². The summed E-state index contributed by atoms with van der Waals surface area (Å²) in [6.45, 7) is 0.752. The molecule has 3 nitrogen and oxygen atoms in total. The Bertz CT molecular complexity index is 545. The molecule has 1 atom stereocenters. The lowest BCUT2D eigenvalue weighted by Gasteiger charge is -2.19. The van der Waals surface area contributed by atoms with E-state index < -0.39 is 0 Å². The van der Waals surface area contributed by atoms with Crippen molar-refractivity contribution < 1.29 is 10.2 Å². The van der Waals surface area contributed by atoms with Crippen LogP contribution in [0.3, 0.4) is 0 Å². The average molecular weight is 336 g/mol. The first kappa shape index (κ1) is 15.0. The number of benzene rings is 2. The lowest BCUT2D eigenvalue weighted by Crippen LogP contribution is -2.22. The Hall–Kier alpha value is -1.36. The van der Waals surface area contributed by atoms with Crippen LogP contribution in [0.25, 0.3) is 0 Å². The van der Waals surface area contributed by atoms with Crippen LogP contribution in [-0.4, -0.2) is 16.8 Å². The molecule has 0 unspecified atom stereocenters. The van der Waals surface area contributed by atoms with Crippen LogP contribution in [-0.2, 0) is 6.54 Å². The maximum absolute atomic E-state index is 9.53. The van der Waals surface area contributed by atoms with Gasteiger partial charge in [-0.1, -0.05) is 46.3 Å². The van der Waals surface area contributed by atoms with Crippen LogP contribution in [0.4, 0.5) is 0 Å². The summed E-state index contributed by atoms with van der Waals surface area (Å²) in [6.07, 6.45) is 0.653. The van der Waals surface area contributed by atoms with E-state index in [1.54, 1.807) is 12.1 Å². The molecule has 2 aromatic carbocycles. The van der Waals surface area contributed by atoms with E-state index in [0.29, 0.717) is 13.0 Å². The van der Waals surface area contributed by atoms with Crippen molar-refractivity contribution in [2.75, 3.05) is 6.61 Å². The van der Waals surface area contributed by atoms with Crippen LogP contribution < -0.4 is 5.32 Å². The highest BCUT2D eigenvalue weighted by Crippen LogP contribution is 2.23. The summed E-state index contributed by atoms with van der Waals surface area (Å²) in [4.78, 5) is 0. The Balaban J connectivity index is 2.07. The standard InChI is InChI=1S/C16H18BrNO2/c17-15-7-6-14(20)10-13(15)11-18-16(8-9-19)12-4-2-1-3-5-12/h1-7,10,16,18-20H,8-9,11H2/t16-/m1/s1. The SMILES string of the molecule is OCC[C@@H](NCc1cc(O)ccc1Br)c1ccccc1. The van der Waals surface area contributed by atoms with Crippen LogP contribution >= 0.6 is 15.9 Å². The van der Waals surface area contributed by atoms with Crippen LogP contribution in [0.5, 0.6) is 5.75 Å². The predicted molar refractivity (Wildman–Crippen MR) is 83.5 cm³/mol. The van der Waals surface area contributed by atoms with Gasteiger partial charge in [0.2, 0.25) is 0 Å². The predicted octanol–water partition coefficient (Wildman–Crippen LogP) is 3.37. The molecule has 2 aromatic rings. The zero-order valence-corrected chi connectivity index (χ0v) is 12.7. The monoisotopic (exact) mass is 335 g/mol. The number of halogens is 1. The topological polar surface area (TPSA) is 52.5 Å². The first-order valence-corrected chi connectivity index (χ1v) is 7.36. The van der Waals surface area contributed by atoms with E-state index in [1.165, 1.54) is 0 Å². The third-order valence-electron chi connectivity index (χ3n) is 3.19. The molecule has 0 bridgehead atoms. The molecule has 0 fully saturated rings. The van der Waals surface area contributed by atoms with Gasteiger partial charge in [-0.05, 0) is 35.7 Å². The molecule has 0 aromatic heterocycles. The van der Waals surface area contributed by atoms with E-state index in [0.717, 1.165) is 15.6 Å². The maximum atomic E-state index is 9.53. The van der Waals surface area contributed by atoms with Gasteiger partial charge in [-0.3, -0.25) is 0 Å². The molecule has 0 saturated carbocycles. The van der Waals surface area contributed by atoms with Crippen molar-refractivity contribution in [1.29, 1.82) is 0 Å². The van der Waals surface area contributed by atoms with Gasteiger partial charge in [0.25, 0.3) is 0 Å². The number of phenolic OH excluding ortho intramolecular Hbond substituents is 1. The number of hydrogen-bond donors (Lipinski definition) is 3. The quantitative estimate of drug-likeness (QED) is 0.758. The number of hydrogen-bond acceptors (Lipinski definition) is 3. The zero-order chi connectivity index (χ0) is 14.4. The molecule has 2 rings (SSSR count). The molecule has 0 aliphatic carbocycles. The van der Waals surface area contributed by atoms with Crippen molar-refractivity contribution >= 4 is 15.9 Å². The van der Waals surface area contributed by atoms with Gasteiger partial charge in [0.05, 0.1) is 0 Å².